The molecule has 1 N–H and O–H groups in total. The average Bonchev–Trinajstić information content (AvgIpc) is 1.58. The van der Waals surface area contributed by atoms with Gasteiger partial charge in [-0.2, -0.15) is 0 Å². The topological polar surface area (TPSA) is 207 Å². The first-order chi connectivity index (χ1) is 49.4. The third-order valence-corrected chi connectivity index (χ3v) is 21.5. The van der Waals surface area contributed by atoms with E-state index in [0.717, 1.165) is 161 Å². The number of aryl methyl sites for hydroxylation is 4. The molecule has 0 saturated carbocycles. The number of aromatic nitrogens is 6. The lowest BCUT2D eigenvalue weighted by atomic mass is 9.95. The molecule has 21 nitrogen and oxygen atoms in total. The second kappa shape index (κ2) is 33.1. The number of hydrogen-bond acceptors (Lipinski definition) is 19. The minimum atomic E-state index is -0.313. The zero-order chi connectivity index (χ0) is 71.7. The first-order valence-electron chi connectivity index (χ1n) is 35.6. The van der Waals surface area contributed by atoms with Crippen LogP contribution in [0.4, 0.5) is 0 Å². The van der Waals surface area contributed by atoms with Crippen molar-refractivity contribution >= 4 is 45.8 Å². The van der Waals surface area contributed by atoms with Crippen molar-refractivity contribution in [1.82, 2.24) is 38.5 Å². The fourth-order valence-electron chi connectivity index (χ4n) is 14.0. The molecule has 14 rings (SSSR count). The molecular formula is C78H96N8O13S3. The van der Waals surface area contributed by atoms with Crippen LogP contribution >= 0.6 is 34.0 Å². The molecule has 2 fully saturated rings. The molecule has 0 spiro atoms. The molecule has 24 heteroatoms. The minimum absolute atomic E-state index is 0.0513. The second-order valence-electron chi connectivity index (χ2n) is 27.4. The Kier molecular flexibility index (Phi) is 23.9. The molecule has 3 aromatic carbocycles. The molecule has 2 saturated heterocycles. The number of nitrogens with zero attached hydrogens (tertiary/aromatic N) is 8. The SMILES string of the molecule is CCN(C(=O)c1nc(-c2cccs2)c2n1CCc1cc(OC)c(OCCO)cc1-2)C(C)(C)C.CCN(C(=O)c1nc(-c2cccs2)c2n1CCc1cc(OC)c(OCCOC3CCCCO3)cc1-2)C(C)(C)C.COc1cc2c(cc1OCCOC1CCCCO1)-c1c(-c3cccs3)ncn1CC2. The van der Waals surface area contributed by atoms with Gasteiger partial charge in [-0.25, -0.2) is 15.0 Å². The Balaban J connectivity index is 0.000000146. The molecule has 2 amide bonds. The zero-order valence-electron chi connectivity index (χ0n) is 60.6. The lowest BCUT2D eigenvalue weighted by molar-refractivity contribution is -0.165. The number of fused-ring (bicyclic) bond motifs is 9. The van der Waals surface area contributed by atoms with E-state index in [1.165, 1.54) is 10.4 Å². The van der Waals surface area contributed by atoms with Crippen molar-refractivity contribution in [3.63, 3.8) is 0 Å². The number of carbonyl (C=O) groups is 2. The summed E-state index contributed by atoms with van der Waals surface area (Å²) in [7, 11) is 4.96. The van der Waals surface area contributed by atoms with Crippen molar-refractivity contribution in [3.8, 4) is 100.0 Å². The smallest absolute Gasteiger partial charge is 0.290 e. The number of amides is 2. The molecule has 2 unspecified atom stereocenters. The van der Waals surface area contributed by atoms with Crippen molar-refractivity contribution in [2.75, 3.05) is 87.3 Å². The van der Waals surface area contributed by atoms with Gasteiger partial charge in [0.2, 0.25) is 0 Å². The van der Waals surface area contributed by atoms with Crippen LogP contribution < -0.4 is 28.4 Å². The van der Waals surface area contributed by atoms with Crippen molar-refractivity contribution < 1.29 is 62.1 Å². The molecule has 544 valence electrons. The van der Waals surface area contributed by atoms with Crippen LogP contribution in [-0.4, -0.2) is 166 Å². The van der Waals surface area contributed by atoms with Gasteiger partial charge in [0.25, 0.3) is 11.8 Å². The molecule has 11 heterocycles. The summed E-state index contributed by atoms with van der Waals surface area (Å²) >= 11 is 4.94. The second-order valence-corrected chi connectivity index (χ2v) is 30.3. The number of hydrogen-bond donors (Lipinski definition) is 1. The van der Waals surface area contributed by atoms with Crippen molar-refractivity contribution in [2.24, 2.45) is 0 Å². The summed E-state index contributed by atoms with van der Waals surface area (Å²) in [5.41, 5.74) is 11.7. The van der Waals surface area contributed by atoms with E-state index in [2.05, 4.69) is 76.3 Å². The number of aliphatic hydroxyl groups is 1. The van der Waals surface area contributed by atoms with Crippen LogP contribution in [0.2, 0.25) is 0 Å². The Labute approximate surface area is 610 Å². The number of methoxy groups -OCH3 is 3. The summed E-state index contributed by atoms with van der Waals surface area (Å²) in [5.74, 6) is 4.85. The average molecular weight is 1450 g/mol. The molecule has 2 atom stereocenters. The van der Waals surface area contributed by atoms with E-state index >= 15 is 0 Å². The summed E-state index contributed by atoms with van der Waals surface area (Å²) in [6.07, 6.45) is 10.5. The highest BCUT2D eigenvalue weighted by molar-refractivity contribution is 7.14. The van der Waals surface area contributed by atoms with E-state index in [1.54, 1.807) is 55.3 Å². The highest BCUT2D eigenvalue weighted by Gasteiger charge is 2.37. The van der Waals surface area contributed by atoms with E-state index in [1.807, 2.05) is 97.9 Å². The van der Waals surface area contributed by atoms with Gasteiger partial charge in [0.15, 0.2) is 58.7 Å². The van der Waals surface area contributed by atoms with Crippen LogP contribution in [0.15, 0.2) is 95.3 Å². The fraction of sp³-hybridized carbons (Fsp3) is 0.474. The summed E-state index contributed by atoms with van der Waals surface area (Å²) in [5, 5.41) is 15.4. The molecule has 5 aliphatic heterocycles. The van der Waals surface area contributed by atoms with Crippen LogP contribution in [0.25, 0.3) is 65.5 Å². The molecule has 102 heavy (non-hydrogen) atoms. The summed E-state index contributed by atoms with van der Waals surface area (Å²) in [6.45, 7) is 23.1. The zero-order valence-corrected chi connectivity index (χ0v) is 63.0. The van der Waals surface area contributed by atoms with Gasteiger partial charge in [-0.1, -0.05) is 18.2 Å². The predicted molar refractivity (Wildman–Crippen MR) is 399 cm³/mol. The fourth-order valence-corrected chi connectivity index (χ4v) is 16.2. The van der Waals surface area contributed by atoms with Crippen LogP contribution in [0, 0.1) is 0 Å². The van der Waals surface area contributed by atoms with Gasteiger partial charge in [0.1, 0.15) is 36.9 Å². The highest BCUT2D eigenvalue weighted by atomic mass is 32.1. The van der Waals surface area contributed by atoms with Crippen LogP contribution in [0.5, 0.6) is 34.5 Å². The maximum Gasteiger partial charge on any atom is 0.290 e. The van der Waals surface area contributed by atoms with E-state index in [-0.39, 0.29) is 48.7 Å². The highest BCUT2D eigenvalue weighted by Crippen LogP contribution is 2.48. The number of rotatable bonds is 23. The summed E-state index contributed by atoms with van der Waals surface area (Å²) in [4.78, 5) is 49.1. The van der Waals surface area contributed by atoms with E-state index in [9.17, 15) is 14.7 Å². The Hall–Kier alpha value is -8.07. The third kappa shape index (κ3) is 16.2. The maximum atomic E-state index is 13.8. The van der Waals surface area contributed by atoms with Crippen molar-refractivity contribution in [3.05, 3.63) is 124 Å². The Morgan fingerprint density at radius 2 is 0.931 bits per heavy atom. The van der Waals surface area contributed by atoms with Crippen molar-refractivity contribution in [1.29, 1.82) is 0 Å². The van der Waals surface area contributed by atoms with Gasteiger partial charge in [-0.15, -0.1) is 34.0 Å². The molecule has 0 radical (unpaired) electrons. The quantitative estimate of drug-likeness (QED) is 0.0591. The number of ether oxygens (including phenoxy) is 10. The van der Waals surface area contributed by atoms with Gasteiger partial charge in [-0.05, 0) is 201 Å². The normalized spacial score (nSPS) is 15.9. The largest absolute Gasteiger partial charge is 0.493 e. The van der Waals surface area contributed by atoms with Crippen LogP contribution in [0.3, 0.4) is 0 Å². The van der Waals surface area contributed by atoms with Gasteiger partial charge >= 0.3 is 0 Å². The third-order valence-electron chi connectivity index (χ3n) is 18.8. The molecule has 0 aliphatic carbocycles. The number of thiophene rings is 3. The molecule has 0 bridgehead atoms. The molecule has 9 aromatic rings. The van der Waals surface area contributed by atoms with E-state index in [0.29, 0.717) is 87.3 Å². The number of imidazole rings is 3. The van der Waals surface area contributed by atoms with Crippen molar-refractivity contribution in [2.45, 2.75) is 156 Å². The Bertz CT molecular complexity index is 4290. The molecule has 5 aliphatic rings. The molecular weight excluding hydrogens is 1350 g/mol. The lowest BCUT2D eigenvalue weighted by Crippen LogP contribution is -2.46. The van der Waals surface area contributed by atoms with Crippen LogP contribution in [0.1, 0.15) is 132 Å². The Morgan fingerprint density at radius 3 is 1.29 bits per heavy atom. The summed E-state index contributed by atoms with van der Waals surface area (Å²) in [6, 6.07) is 24.5. The standard InChI is InChI=1S/C30H39N3O5S.C25H31N3O4S.C23H26N2O4S/c1-6-33(30(2,3)4)29(34)28-31-26(24-10-9-17-39-24)27-21-19-23(22(35-5)18-20(21)12-13-32(27)28)36-15-16-38-25-11-7-8-14-37-25;1-6-28(25(2,3)4)24(30)23-26-21(20-8-7-13-33-20)22-17-15-19(32-12-11-29)18(31-5)14-16(17)9-10-27(22)23;1-26-18-13-16-7-8-25-15-24-22(20-5-4-12-30-20)23(25)17(16)14-19(18)27-10-11-29-21-6-2-3-9-28-21/h9-10,17-19,25H,6-8,11-16H2,1-5H3;7-8,13-15,29H,6,9-12H2,1-5H3;4-5,12-15,21H,2-3,6-11H2,1H3. The molecule has 6 aromatic heterocycles. The van der Waals surface area contributed by atoms with Crippen LogP contribution in [-0.2, 0) is 57.8 Å². The van der Waals surface area contributed by atoms with E-state index in [4.69, 9.17) is 62.3 Å². The maximum absolute atomic E-state index is 13.8. The number of carbonyl (C=O) groups excluding carboxylic acids is 2. The lowest BCUT2D eigenvalue weighted by Gasteiger charge is -2.34. The van der Waals surface area contributed by atoms with Gasteiger partial charge in [0.05, 0.1) is 79.2 Å². The first-order valence-corrected chi connectivity index (χ1v) is 38.2. The van der Waals surface area contributed by atoms with Gasteiger partial charge in [0, 0.05) is 73.7 Å². The summed E-state index contributed by atoms with van der Waals surface area (Å²) < 4.78 is 64.2. The number of aliphatic hydroxyl groups excluding tert-OH is 1. The van der Waals surface area contributed by atoms with E-state index < -0.39 is 0 Å². The first kappa shape index (κ1) is 73.7. The van der Waals surface area contributed by atoms with Gasteiger partial charge < -0.3 is 76.0 Å². The number of benzene rings is 3. The van der Waals surface area contributed by atoms with Gasteiger partial charge in [-0.3, -0.25) is 9.59 Å². The predicted octanol–water partition coefficient (Wildman–Crippen LogP) is 15.3. The Morgan fingerprint density at radius 1 is 0.529 bits per heavy atom. The monoisotopic (exact) mass is 1450 g/mol. The minimum Gasteiger partial charge on any atom is -0.493 e.